The van der Waals surface area contributed by atoms with Gasteiger partial charge in [0.05, 0.1) is 10.6 Å². The van der Waals surface area contributed by atoms with Gasteiger partial charge >= 0.3 is 0 Å². The van der Waals surface area contributed by atoms with Gasteiger partial charge in [-0.25, -0.2) is 4.98 Å². The zero-order valence-electron chi connectivity index (χ0n) is 13.1. The van der Waals surface area contributed by atoms with Gasteiger partial charge in [0.25, 0.3) is 5.91 Å². The highest BCUT2D eigenvalue weighted by Gasteiger charge is 2.10. The van der Waals surface area contributed by atoms with Crippen molar-refractivity contribution in [1.29, 1.82) is 0 Å². The van der Waals surface area contributed by atoms with E-state index in [0.29, 0.717) is 22.9 Å². The van der Waals surface area contributed by atoms with E-state index in [0.717, 1.165) is 32.6 Å². The second kappa shape index (κ2) is 9.58. The summed E-state index contributed by atoms with van der Waals surface area (Å²) in [5.74, 6) is 0.468. The fraction of sp³-hybridized carbons (Fsp3) is 0.600. The zero-order chi connectivity index (χ0) is 15.7. The Morgan fingerprint density at radius 1 is 1.33 bits per heavy atom. The number of halogens is 1. The summed E-state index contributed by atoms with van der Waals surface area (Å²) in [6, 6.07) is 1.64. The fourth-order valence-corrected chi connectivity index (χ4v) is 2.27. The molecule has 1 rings (SSSR count). The Labute approximate surface area is 132 Å². The third-order valence-electron chi connectivity index (χ3n) is 3.15. The van der Waals surface area contributed by atoms with Crippen molar-refractivity contribution in [3.63, 3.8) is 0 Å². The number of anilines is 1. The van der Waals surface area contributed by atoms with E-state index >= 15 is 0 Å². The van der Waals surface area contributed by atoms with E-state index in [1.165, 1.54) is 0 Å². The van der Waals surface area contributed by atoms with Crippen molar-refractivity contribution in [2.45, 2.75) is 27.2 Å². The number of hydrogen-bond donors (Lipinski definition) is 2. The number of likely N-dealkylation sites (N-methyl/N-ethyl adjacent to an activating group) is 1. The molecule has 0 radical (unpaired) electrons. The lowest BCUT2D eigenvalue weighted by Crippen LogP contribution is -2.35. The Morgan fingerprint density at radius 3 is 2.67 bits per heavy atom. The summed E-state index contributed by atoms with van der Waals surface area (Å²) < 4.78 is 0. The Morgan fingerprint density at radius 2 is 2.10 bits per heavy atom. The van der Waals surface area contributed by atoms with Crippen LogP contribution in [-0.2, 0) is 0 Å². The summed E-state index contributed by atoms with van der Waals surface area (Å²) in [4.78, 5) is 18.5. The van der Waals surface area contributed by atoms with Crippen LogP contribution in [0, 0.1) is 0 Å². The maximum absolute atomic E-state index is 12.0. The number of carbonyl (C=O) groups is 1. The number of nitrogens with zero attached hydrogens (tertiary/aromatic N) is 2. The van der Waals surface area contributed by atoms with Gasteiger partial charge < -0.3 is 15.5 Å². The molecule has 5 nitrogen and oxygen atoms in total. The summed E-state index contributed by atoms with van der Waals surface area (Å²) in [6.45, 7) is 10.5. The number of pyridine rings is 1. The molecule has 0 aliphatic carbocycles. The molecule has 0 saturated carbocycles. The molecule has 0 bridgehead atoms. The Balaban J connectivity index is 2.50. The number of rotatable bonds is 9. The van der Waals surface area contributed by atoms with E-state index in [9.17, 15) is 4.79 Å². The van der Waals surface area contributed by atoms with Gasteiger partial charge in [0.2, 0.25) is 0 Å². The number of carbonyl (C=O) groups excluding carboxylic acids is 1. The average Bonchev–Trinajstić information content (AvgIpc) is 2.48. The summed E-state index contributed by atoms with van der Waals surface area (Å²) in [7, 11) is 0. The molecule has 1 amide bonds. The molecule has 1 aromatic rings. The summed E-state index contributed by atoms with van der Waals surface area (Å²) in [5.41, 5.74) is 0.486. The molecule has 0 spiro atoms. The number of nitrogens with one attached hydrogen (secondary N) is 2. The molecule has 2 N–H and O–H groups in total. The van der Waals surface area contributed by atoms with E-state index in [1.807, 2.05) is 6.92 Å². The largest absolute Gasteiger partial charge is 0.369 e. The zero-order valence-corrected chi connectivity index (χ0v) is 13.8. The number of aromatic nitrogens is 1. The van der Waals surface area contributed by atoms with Gasteiger partial charge in [-0.1, -0.05) is 25.4 Å². The third kappa shape index (κ3) is 5.89. The van der Waals surface area contributed by atoms with E-state index in [-0.39, 0.29) is 5.91 Å². The minimum absolute atomic E-state index is 0.139. The molecule has 6 heteroatoms. The van der Waals surface area contributed by atoms with Gasteiger partial charge in [0.1, 0.15) is 5.82 Å². The van der Waals surface area contributed by atoms with Crippen molar-refractivity contribution in [1.82, 2.24) is 15.2 Å². The lowest BCUT2D eigenvalue weighted by Gasteiger charge is -2.19. The second-order valence-electron chi connectivity index (χ2n) is 4.77. The monoisotopic (exact) mass is 312 g/mol. The van der Waals surface area contributed by atoms with E-state index in [4.69, 9.17) is 11.6 Å². The molecular weight excluding hydrogens is 288 g/mol. The molecule has 0 aliphatic rings. The maximum Gasteiger partial charge on any atom is 0.252 e. The van der Waals surface area contributed by atoms with Crippen LogP contribution >= 0.6 is 11.6 Å². The predicted octanol–water partition coefficient (Wildman–Crippen LogP) is 2.63. The molecule has 0 saturated heterocycles. The van der Waals surface area contributed by atoms with Gasteiger partial charge in [-0.3, -0.25) is 4.79 Å². The van der Waals surface area contributed by atoms with Gasteiger partial charge in [-0.15, -0.1) is 0 Å². The first-order chi connectivity index (χ1) is 10.1. The molecule has 0 fully saturated rings. The number of amides is 1. The lowest BCUT2D eigenvalue weighted by molar-refractivity contribution is 0.0948. The highest BCUT2D eigenvalue weighted by atomic mass is 35.5. The molecule has 0 unspecified atom stereocenters. The van der Waals surface area contributed by atoms with E-state index in [2.05, 4.69) is 34.4 Å². The summed E-state index contributed by atoms with van der Waals surface area (Å²) in [5, 5.41) is 6.41. The minimum atomic E-state index is -0.139. The first-order valence-corrected chi connectivity index (χ1v) is 7.90. The van der Waals surface area contributed by atoms with Crippen LogP contribution < -0.4 is 10.6 Å². The molecular formula is C15H25ClN4O. The van der Waals surface area contributed by atoms with E-state index in [1.54, 1.807) is 12.3 Å². The number of hydrogen-bond acceptors (Lipinski definition) is 4. The van der Waals surface area contributed by atoms with Crippen LogP contribution in [0.2, 0.25) is 5.02 Å². The van der Waals surface area contributed by atoms with Crippen molar-refractivity contribution >= 4 is 23.3 Å². The van der Waals surface area contributed by atoms with Crippen molar-refractivity contribution in [3.8, 4) is 0 Å². The van der Waals surface area contributed by atoms with Gasteiger partial charge in [-0.05, 0) is 32.5 Å². The van der Waals surface area contributed by atoms with Crippen LogP contribution in [0.1, 0.15) is 37.6 Å². The van der Waals surface area contributed by atoms with Gasteiger partial charge in [0, 0.05) is 25.8 Å². The van der Waals surface area contributed by atoms with Crippen LogP contribution in [0.3, 0.4) is 0 Å². The van der Waals surface area contributed by atoms with Crippen LogP contribution in [0.5, 0.6) is 0 Å². The van der Waals surface area contributed by atoms with Crippen LogP contribution in [0.4, 0.5) is 5.82 Å². The van der Waals surface area contributed by atoms with Crippen molar-refractivity contribution < 1.29 is 4.79 Å². The van der Waals surface area contributed by atoms with Gasteiger partial charge in [-0.2, -0.15) is 0 Å². The maximum atomic E-state index is 12.0. The molecule has 21 heavy (non-hydrogen) atoms. The van der Waals surface area contributed by atoms with Crippen molar-refractivity contribution in [2.24, 2.45) is 0 Å². The minimum Gasteiger partial charge on any atom is -0.369 e. The molecule has 118 valence electrons. The quantitative estimate of drug-likeness (QED) is 0.736. The van der Waals surface area contributed by atoms with Crippen LogP contribution in [-0.4, -0.2) is 48.5 Å². The van der Waals surface area contributed by atoms with Gasteiger partial charge in [0.15, 0.2) is 0 Å². The lowest BCUT2D eigenvalue weighted by atomic mass is 10.2. The molecule has 1 aromatic heterocycles. The second-order valence-corrected chi connectivity index (χ2v) is 5.18. The first kappa shape index (κ1) is 17.7. The van der Waals surface area contributed by atoms with E-state index < -0.39 is 0 Å². The third-order valence-corrected chi connectivity index (χ3v) is 3.44. The molecule has 0 aliphatic heterocycles. The Bertz CT molecular complexity index is 453. The Kier molecular flexibility index (Phi) is 8.08. The molecule has 1 heterocycles. The summed E-state index contributed by atoms with van der Waals surface area (Å²) >= 11 is 6.09. The first-order valence-electron chi connectivity index (χ1n) is 7.52. The van der Waals surface area contributed by atoms with Crippen molar-refractivity contribution in [2.75, 3.05) is 38.0 Å². The summed E-state index contributed by atoms with van der Waals surface area (Å²) in [6.07, 6.45) is 2.66. The normalized spacial score (nSPS) is 10.7. The highest BCUT2D eigenvalue weighted by Crippen LogP contribution is 2.19. The molecule has 0 atom stereocenters. The SMILES string of the molecule is CCCN(CC)CCNC(=O)c1cnc(NCC)c(Cl)c1. The standard InChI is InChI=1S/C15H25ClN4O/c1-4-8-20(6-3)9-7-18-15(21)12-10-13(16)14(17-5-2)19-11-12/h10-11H,4-9H2,1-3H3,(H,17,19)(H,18,21). The fourth-order valence-electron chi connectivity index (χ4n) is 2.03. The topological polar surface area (TPSA) is 57.3 Å². The smallest absolute Gasteiger partial charge is 0.252 e. The Hall–Kier alpha value is -1.33. The van der Waals surface area contributed by atoms with Crippen molar-refractivity contribution in [3.05, 3.63) is 22.8 Å². The predicted molar refractivity (Wildman–Crippen MR) is 88.1 cm³/mol. The highest BCUT2D eigenvalue weighted by molar-refractivity contribution is 6.33. The van der Waals surface area contributed by atoms with Crippen LogP contribution in [0.25, 0.3) is 0 Å². The van der Waals surface area contributed by atoms with Crippen LogP contribution in [0.15, 0.2) is 12.3 Å². The molecule has 0 aromatic carbocycles. The average molecular weight is 313 g/mol.